The first kappa shape index (κ1) is 52.6. The van der Waals surface area contributed by atoms with Crippen molar-refractivity contribution in [2.45, 2.75) is 45.4 Å². The highest BCUT2D eigenvalue weighted by molar-refractivity contribution is 6.04. The number of hydrogen-bond donors (Lipinski definition) is 4. The number of carbonyl (C=O) groups is 4. The lowest BCUT2D eigenvalue weighted by atomic mass is 10.0. The number of fused-ring (bicyclic) bond motifs is 3. The van der Waals surface area contributed by atoms with Gasteiger partial charge in [-0.15, -0.1) is 0 Å². The lowest BCUT2D eigenvalue weighted by Gasteiger charge is -2.34. The molecule has 0 spiro atoms. The number of nitrogens with zero attached hydrogens (tertiary/aromatic N) is 5. The fourth-order valence-corrected chi connectivity index (χ4v) is 8.97. The number of nitrogens with one attached hydrogen (secondary N) is 4. The van der Waals surface area contributed by atoms with Gasteiger partial charge in [-0.25, -0.2) is 4.57 Å². The SMILES string of the molecule is C[C@H](NC(=O)CN1CCN(CC(=O)NCc2ccc3c(c2)c2ccccc2c[n+]3C)CCN(CC(=O)N[C@@H](C)c2ccccc2)CCN(CC(=O)N[C@@H](C)c2ccccc2)CC1)c1ccccc1.[I-]. The van der Waals surface area contributed by atoms with Crippen molar-refractivity contribution in [1.82, 2.24) is 40.9 Å². The number of hydrogen-bond acceptors (Lipinski definition) is 8. The van der Waals surface area contributed by atoms with Crippen LogP contribution in [0.4, 0.5) is 0 Å². The molecule has 1 aromatic heterocycles. The molecule has 1 aliphatic heterocycles. The Balaban J connectivity index is 0.00000782. The number of carbonyl (C=O) groups excluding carboxylic acids is 4. The highest BCUT2D eigenvalue weighted by atomic mass is 127. The second-order valence-electron chi connectivity index (χ2n) is 18.2. The van der Waals surface area contributed by atoms with Gasteiger partial charge in [-0.1, -0.05) is 115 Å². The fourth-order valence-electron chi connectivity index (χ4n) is 8.97. The molecule has 5 aromatic carbocycles. The van der Waals surface area contributed by atoms with E-state index >= 15 is 0 Å². The van der Waals surface area contributed by atoms with Crippen LogP contribution < -0.4 is 49.8 Å². The topological polar surface area (TPSA) is 133 Å². The monoisotopic (exact) mass is 1050 g/mol. The zero-order valence-electron chi connectivity index (χ0n) is 40.5. The summed E-state index contributed by atoms with van der Waals surface area (Å²) in [6, 6.07) is 43.8. The first-order chi connectivity index (χ1) is 33.0. The van der Waals surface area contributed by atoms with Gasteiger partial charge in [0.15, 0.2) is 6.20 Å². The van der Waals surface area contributed by atoms with Crippen molar-refractivity contribution < 1.29 is 47.7 Å². The van der Waals surface area contributed by atoms with Crippen LogP contribution in [0.1, 0.15) is 61.2 Å². The Morgan fingerprint density at radius 3 is 1.25 bits per heavy atom. The third kappa shape index (κ3) is 15.9. The van der Waals surface area contributed by atoms with Crippen molar-refractivity contribution in [3.8, 4) is 0 Å². The second kappa shape index (κ2) is 26.3. The molecule has 0 bridgehead atoms. The molecule has 14 heteroatoms. The number of aryl methyl sites for hydroxylation is 1. The Labute approximate surface area is 424 Å². The molecule has 0 saturated carbocycles. The van der Waals surface area contributed by atoms with Crippen molar-refractivity contribution in [2.75, 3.05) is 78.5 Å². The van der Waals surface area contributed by atoms with Gasteiger partial charge in [0.1, 0.15) is 7.05 Å². The largest absolute Gasteiger partial charge is 1.00 e. The molecule has 1 aliphatic rings. The maximum Gasteiger partial charge on any atom is 0.234 e. The minimum absolute atomic E-state index is 0. The van der Waals surface area contributed by atoms with E-state index in [9.17, 15) is 19.2 Å². The van der Waals surface area contributed by atoms with Crippen LogP contribution in [-0.2, 0) is 32.8 Å². The predicted molar refractivity (Wildman–Crippen MR) is 269 cm³/mol. The summed E-state index contributed by atoms with van der Waals surface area (Å²) in [6.45, 7) is 11.0. The highest BCUT2D eigenvalue weighted by Gasteiger charge is 2.24. The number of benzene rings is 5. The molecular weight excluding hydrogens is 978 g/mol. The Morgan fingerprint density at radius 1 is 0.478 bits per heavy atom. The summed E-state index contributed by atoms with van der Waals surface area (Å²) in [7, 11) is 2.05. The van der Waals surface area contributed by atoms with E-state index in [1.165, 1.54) is 0 Å². The molecule has 69 heavy (non-hydrogen) atoms. The van der Waals surface area contributed by atoms with Gasteiger partial charge in [0, 0.05) is 75.7 Å². The van der Waals surface area contributed by atoms with Crippen molar-refractivity contribution in [1.29, 1.82) is 0 Å². The van der Waals surface area contributed by atoms with Crippen LogP contribution in [-0.4, -0.2) is 122 Å². The molecule has 0 unspecified atom stereocenters. The van der Waals surface area contributed by atoms with Crippen LogP contribution in [0, 0.1) is 0 Å². The maximum absolute atomic E-state index is 13.9. The summed E-state index contributed by atoms with van der Waals surface area (Å²) in [4.78, 5) is 63.4. The van der Waals surface area contributed by atoms with Gasteiger partial charge >= 0.3 is 0 Å². The molecule has 364 valence electrons. The molecular formula is C55H68IN9O4. The molecule has 1 saturated heterocycles. The maximum atomic E-state index is 13.9. The van der Waals surface area contributed by atoms with E-state index in [1.807, 2.05) is 131 Å². The molecule has 4 amide bonds. The van der Waals surface area contributed by atoms with Gasteiger partial charge in [0.25, 0.3) is 0 Å². The first-order valence-electron chi connectivity index (χ1n) is 24.0. The van der Waals surface area contributed by atoms with E-state index in [1.54, 1.807) is 0 Å². The molecule has 4 N–H and O–H groups in total. The predicted octanol–water partition coefficient (Wildman–Crippen LogP) is 2.29. The first-order valence-corrected chi connectivity index (χ1v) is 24.0. The van der Waals surface area contributed by atoms with Gasteiger partial charge in [-0.3, -0.25) is 38.8 Å². The number of aromatic nitrogens is 1. The van der Waals surface area contributed by atoms with Crippen LogP contribution in [0.15, 0.2) is 140 Å². The third-order valence-electron chi connectivity index (χ3n) is 12.9. The van der Waals surface area contributed by atoms with Crippen LogP contribution in [0.5, 0.6) is 0 Å². The lowest BCUT2D eigenvalue weighted by Crippen LogP contribution is -3.00. The fraction of sp³-hybridized carbons (Fsp3) is 0.364. The van der Waals surface area contributed by atoms with Gasteiger partial charge in [-0.05, 0) is 55.2 Å². The van der Waals surface area contributed by atoms with Crippen LogP contribution >= 0.6 is 0 Å². The van der Waals surface area contributed by atoms with Gasteiger partial charge in [0.05, 0.1) is 49.7 Å². The second-order valence-corrected chi connectivity index (χ2v) is 18.2. The number of amides is 4. The summed E-state index contributed by atoms with van der Waals surface area (Å²) in [5.74, 6) is -0.405. The van der Waals surface area contributed by atoms with Gasteiger partial charge in [0.2, 0.25) is 29.1 Å². The third-order valence-corrected chi connectivity index (χ3v) is 12.9. The Hall–Kier alpha value is -5.78. The molecule has 7 rings (SSSR count). The minimum Gasteiger partial charge on any atom is -1.00 e. The summed E-state index contributed by atoms with van der Waals surface area (Å²) in [5, 5.41) is 16.2. The van der Waals surface area contributed by atoms with Crippen molar-refractivity contribution in [2.24, 2.45) is 7.05 Å². The van der Waals surface area contributed by atoms with Gasteiger partial charge in [-0.2, -0.15) is 0 Å². The number of pyridine rings is 1. The van der Waals surface area contributed by atoms with Crippen molar-refractivity contribution in [3.63, 3.8) is 0 Å². The summed E-state index contributed by atoms with van der Waals surface area (Å²) >= 11 is 0. The zero-order valence-corrected chi connectivity index (χ0v) is 42.6. The lowest BCUT2D eigenvalue weighted by molar-refractivity contribution is -0.643. The summed E-state index contributed by atoms with van der Waals surface area (Å²) in [6.07, 6.45) is 2.14. The van der Waals surface area contributed by atoms with Crippen molar-refractivity contribution in [3.05, 3.63) is 162 Å². The number of rotatable bonds is 16. The average Bonchev–Trinajstić information content (AvgIpc) is 3.34. The molecule has 3 atom stereocenters. The molecule has 0 radical (unpaired) electrons. The van der Waals surface area contributed by atoms with Crippen LogP contribution in [0.2, 0.25) is 0 Å². The molecule has 2 heterocycles. The Bertz CT molecular complexity index is 2530. The van der Waals surface area contributed by atoms with Crippen LogP contribution in [0.3, 0.4) is 0 Å². The summed E-state index contributed by atoms with van der Waals surface area (Å²) in [5.41, 5.74) is 5.18. The van der Waals surface area contributed by atoms with E-state index < -0.39 is 0 Å². The normalized spacial score (nSPS) is 15.9. The summed E-state index contributed by atoms with van der Waals surface area (Å²) < 4.78 is 2.13. The number of halogens is 1. The highest BCUT2D eigenvalue weighted by Crippen LogP contribution is 2.23. The smallest absolute Gasteiger partial charge is 0.234 e. The molecule has 1 fully saturated rings. The Kier molecular flexibility index (Phi) is 20.0. The standard InChI is InChI=1S/C55H67N9O4.HI/c1-41(45-16-8-5-9-17-45)57-53(66)38-62-28-26-61(37-52(65)56-35-44-24-25-51-50(34-44)49-23-15-14-22-48(49)36-60(51)4)27-29-63(39-54(67)58-42(2)46-18-10-6-11-19-46)31-33-64(32-30-62)40-55(68)59-43(3)47-20-12-7-13-21-47;/h5-25,34,36,41-43H,26-33,35,37-40H2,1-4H3,(H3-,56,57,58,59,65,66,67,68);1H/t41-,42-,43-;/m0./s1. The van der Waals surface area contributed by atoms with E-state index in [0.717, 1.165) is 43.9 Å². The average molecular weight is 1050 g/mol. The van der Waals surface area contributed by atoms with E-state index in [2.05, 4.69) is 82.0 Å². The minimum atomic E-state index is -0.175. The van der Waals surface area contributed by atoms with Crippen molar-refractivity contribution >= 4 is 45.3 Å². The van der Waals surface area contributed by atoms with E-state index in [0.29, 0.717) is 58.9 Å². The van der Waals surface area contributed by atoms with Crippen LogP contribution in [0.25, 0.3) is 21.7 Å². The van der Waals surface area contributed by atoms with Gasteiger partial charge < -0.3 is 45.2 Å². The quantitative estimate of drug-likeness (QED) is 0.0661. The molecule has 13 nitrogen and oxygen atoms in total. The zero-order chi connectivity index (χ0) is 47.8. The Morgan fingerprint density at radius 2 is 0.841 bits per heavy atom. The van der Waals surface area contributed by atoms with E-state index in [4.69, 9.17) is 0 Å². The molecule has 0 aliphatic carbocycles. The van der Waals surface area contributed by atoms with E-state index in [-0.39, 0.29) is 91.9 Å². The molecule has 6 aromatic rings.